The summed E-state index contributed by atoms with van der Waals surface area (Å²) in [6, 6.07) is 7.47. The van der Waals surface area contributed by atoms with E-state index in [-0.39, 0.29) is 23.2 Å². The highest BCUT2D eigenvalue weighted by Crippen LogP contribution is 2.27. The van der Waals surface area contributed by atoms with Crippen molar-refractivity contribution in [1.29, 1.82) is 0 Å². The van der Waals surface area contributed by atoms with Crippen molar-refractivity contribution < 1.29 is 14.5 Å². The van der Waals surface area contributed by atoms with Gasteiger partial charge in [-0.05, 0) is 36.6 Å². The van der Waals surface area contributed by atoms with E-state index in [0.29, 0.717) is 5.75 Å². The molecule has 25 heavy (non-hydrogen) atoms. The lowest BCUT2D eigenvalue weighted by Gasteiger charge is -2.23. The molecule has 0 spiro atoms. The average molecular weight is 343 g/mol. The molecule has 0 bridgehead atoms. The number of nitro benzene ring substituents is 1. The predicted molar refractivity (Wildman–Crippen MR) is 93.7 cm³/mol. The van der Waals surface area contributed by atoms with Crippen LogP contribution in [0.3, 0.4) is 0 Å². The SMILES string of the molecule is COc1ccc([N+](=O)[O-])c(C(=O)N[C@@H](c2ncccc2C)C(C)C)c1. The minimum atomic E-state index is -0.579. The molecular weight excluding hydrogens is 322 g/mol. The number of benzene rings is 1. The molecule has 7 heteroatoms. The molecule has 0 saturated carbocycles. The molecule has 1 aromatic heterocycles. The van der Waals surface area contributed by atoms with Crippen molar-refractivity contribution in [3.63, 3.8) is 0 Å². The Morgan fingerprint density at radius 2 is 2.04 bits per heavy atom. The number of pyridine rings is 1. The summed E-state index contributed by atoms with van der Waals surface area (Å²) in [4.78, 5) is 27.8. The molecule has 2 rings (SSSR count). The van der Waals surface area contributed by atoms with Crippen molar-refractivity contribution in [2.75, 3.05) is 7.11 Å². The number of aryl methyl sites for hydroxylation is 1. The molecule has 0 aliphatic rings. The summed E-state index contributed by atoms with van der Waals surface area (Å²) >= 11 is 0. The molecule has 0 fully saturated rings. The Bertz CT molecular complexity index is 790. The lowest BCUT2D eigenvalue weighted by Crippen LogP contribution is -2.33. The number of nitrogens with zero attached hydrogens (tertiary/aromatic N) is 2. The molecule has 7 nitrogen and oxygen atoms in total. The van der Waals surface area contributed by atoms with Gasteiger partial charge in [-0.15, -0.1) is 0 Å². The van der Waals surface area contributed by atoms with Crippen molar-refractivity contribution in [1.82, 2.24) is 10.3 Å². The van der Waals surface area contributed by atoms with E-state index in [1.54, 1.807) is 6.20 Å². The van der Waals surface area contributed by atoms with E-state index in [1.165, 1.54) is 25.3 Å². The summed E-state index contributed by atoms with van der Waals surface area (Å²) in [5.74, 6) is -0.0950. The molecule has 0 saturated heterocycles. The number of carbonyl (C=O) groups is 1. The number of nitro groups is 1. The smallest absolute Gasteiger partial charge is 0.282 e. The second-order valence-electron chi connectivity index (χ2n) is 6.04. The van der Waals surface area contributed by atoms with Gasteiger partial charge in [-0.25, -0.2) is 0 Å². The summed E-state index contributed by atoms with van der Waals surface area (Å²) < 4.78 is 5.08. The molecule has 1 amide bonds. The van der Waals surface area contributed by atoms with Crippen LogP contribution in [-0.4, -0.2) is 22.9 Å². The van der Waals surface area contributed by atoms with Gasteiger partial charge in [0.25, 0.3) is 11.6 Å². The lowest BCUT2D eigenvalue weighted by molar-refractivity contribution is -0.385. The average Bonchev–Trinajstić information content (AvgIpc) is 2.59. The molecule has 1 aromatic carbocycles. The monoisotopic (exact) mass is 343 g/mol. The number of rotatable bonds is 6. The zero-order valence-electron chi connectivity index (χ0n) is 14.6. The Kier molecular flexibility index (Phi) is 5.69. The number of nitrogens with one attached hydrogen (secondary N) is 1. The van der Waals surface area contributed by atoms with Crippen LogP contribution in [0.15, 0.2) is 36.5 Å². The maximum absolute atomic E-state index is 12.7. The summed E-state index contributed by atoms with van der Waals surface area (Å²) in [5.41, 5.74) is 1.39. The highest BCUT2D eigenvalue weighted by atomic mass is 16.6. The Balaban J connectivity index is 2.40. The van der Waals surface area contributed by atoms with Gasteiger partial charge in [-0.3, -0.25) is 19.9 Å². The number of hydrogen-bond donors (Lipinski definition) is 1. The Hall–Kier alpha value is -2.96. The van der Waals surface area contributed by atoms with Gasteiger partial charge in [0.2, 0.25) is 0 Å². The second-order valence-corrected chi connectivity index (χ2v) is 6.04. The summed E-state index contributed by atoms with van der Waals surface area (Å²) in [6.45, 7) is 5.83. The number of amides is 1. The lowest BCUT2D eigenvalue weighted by atomic mass is 9.96. The van der Waals surface area contributed by atoms with Crippen LogP contribution in [0.2, 0.25) is 0 Å². The van der Waals surface area contributed by atoms with Crippen LogP contribution >= 0.6 is 0 Å². The van der Waals surface area contributed by atoms with Crippen LogP contribution < -0.4 is 10.1 Å². The quantitative estimate of drug-likeness (QED) is 0.640. The van der Waals surface area contributed by atoms with E-state index in [4.69, 9.17) is 4.74 Å². The first-order valence-corrected chi connectivity index (χ1v) is 7.90. The number of carbonyl (C=O) groups excluding carboxylic acids is 1. The maximum atomic E-state index is 12.7. The normalized spacial score (nSPS) is 11.9. The van der Waals surface area contributed by atoms with Crippen molar-refractivity contribution in [3.05, 3.63) is 63.5 Å². The first-order chi connectivity index (χ1) is 11.8. The zero-order chi connectivity index (χ0) is 18.6. The highest BCUT2D eigenvalue weighted by molar-refractivity contribution is 5.98. The first-order valence-electron chi connectivity index (χ1n) is 7.90. The predicted octanol–water partition coefficient (Wildman–Crippen LogP) is 3.43. The minimum absolute atomic E-state index is 0.0383. The fourth-order valence-corrected chi connectivity index (χ4v) is 2.58. The third-order valence-electron chi connectivity index (χ3n) is 3.94. The molecule has 0 radical (unpaired) electrons. The fourth-order valence-electron chi connectivity index (χ4n) is 2.58. The van der Waals surface area contributed by atoms with E-state index in [1.807, 2.05) is 32.9 Å². The molecule has 1 atom stereocenters. The molecule has 132 valence electrons. The fraction of sp³-hybridized carbons (Fsp3) is 0.333. The van der Waals surface area contributed by atoms with Crippen molar-refractivity contribution in [2.24, 2.45) is 5.92 Å². The number of methoxy groups -OCH3 is 1. The highest BCUT2D eigenvalue weighted by Gasteiger charge is 2.26. The van der Waals surface area contributed by atoms with Gasteiger partial charge in [0.05, 0.1) is 23.8 Å². The maximum Gasteiger partial charge on any atom is 0.282 e. The van der Waals surface area contributed by atoms with E-state index < -0.39 is 10.8 Å². The van der Waals surface area contributed by atoms with Gasteiger partial charge in [0, 0.05) is 12.3 Å². The summed E-state index contributed by atoms with van der Waals surface area (Å²) in [6.07, 6.45) is 1.66. The van der Waals surface area contributed by atoms with Crippen molar-refractivity contribution >= 4 is 11.6 Å². The van der Waals surface area contributed by atoms with E-state index in [2.05, 4.69) is 10.3 Å². The van der Waals surface area contributed by atoms with E-state index >= 15 is 0 Å². The van der Waals surface area contributed by atoms with Crippen LogP contribution in [0.25, 0.3) is 0 Å². The Morgan fingerprint density at radius 1 is 1.32 bits per heavy atom. The topological polar surface area (TPSA) is 94.4 Å². The van der Waals surface area contributed by atoms with Crippen LogP contribution in [-0.2, 0) is 0 Å². The van der Waals surface area contributed by atoms with Crippen LogP contribution in [0.1, 0.15) is 41.5 Å². The van der Waals surface area contributed by atoms with Crippen LogP contribution in [0, 0.1) is 23.0 Å². The zero-order valence-corrected chi connectivity index (χ0v) is 14.6. The molecule has 0 aliphatic carbocycles. The molecule has 1 N–H and O–H groups in total. The Labute approximate surface area is 146 Å². The number of hydrogen-bond acceptors (Lipinski definition) is 5. The van der Waals surface area contributed by atoms with Gasteiger partial charge in [0.15, 0.2) is 0 Å². The van der Waals surface area contributed by atoms with Gasteiger partial charge < -0.3 is 10.1 Å². The molecule has 0 aliphatic heterocycles. The first kappa shape index (κ1) is 18.4. The minimum Gasteiger partial charge on any atom is -0.497 e. The number of ether oxygens (including phenoxy) is 1. The van der Waals surface area contributed by atoms with E-state index in [9.17, 15) is 14.9 Å². The third kappa shape index (κ3) is 4.12. The molecule has 2 aromatic rings. The van der Waals surface area contributed by atoms with Gasteiger partial charge in [-0.1, -0.05) is 19.9 Å². The molecule has 0 unspecified atom stereocenters. The number of aromatic nitrogens is 1. The second kappa shape index (κ2) is 7.74. The molecular formula is C18H21N3O4. The standard InChI is InChI=1S/C18H21N3O4/c1-11(2)16(17-12(3)6-5-9-19-17)20-18(22)14-10-13(25-4)7-8-15(14)21(23)24/h5-11,16H,1-4H3,(H,20,22)/t16-/m1/s1. The van der Waals surface area contributed by atoms with Crippen molar-refractivity contribution in [2.45, 2.75) is 26.8 Å². The van der Waals surface area contributed by atoms with Gasteiger partial charge in [-0.2, -0.15) is 0 Å². The summed E-state index contributed by atoms with van der Waals surface area (Å²) in [5, 5.41) is 14.1. The van der Waals surface area contributed by atoms with Crippen molar-refractivity contribution in [3.8, 4) is 5.75 Å². The largest absolute Gasteiger partial charge is 0.497 e. The molecule has 1 heterocycles. The van der Waals surface area contributed by atoms with Gasteiger partial charge in [0.1, 0.15) is 11.3 Å². The van der Waals surface area contributed by atoms with Gasteiger partial charge >= 0.3 is 0 Å². The summed E-state index contributed by atoms with van der Waals surface area (Å²) in [7, 11) is 1.44. The van der Waals surface area contributed by atoms with Crippen LogP contribution in [0.4, 0.5) is 5.69 Å². The van der Waals surface area contributed by atoms with Crippen LogP contribution in [0.5, 0.6) is 5.75 Å². The third-order valence-corrected chi connectivity index (χ3v) is 3.94. The Morgan fingerprint density at radius 3 is 2.60 bits per heavy atom. The van der Waals surface area contributed by atoms with E-state index in [0.717, 1.165) is 11.3 Å².